The van der Waals surface area contributed by atoms with Gasteiger partial charge in [0, 0.05) is 38.1 Å². The van der Waals surface area contributed by atoms with Crippen LogP contribution >= 0.6 is 0 Å². The van der Waals surface area contributed by atoms with Crippen molar-refractivity contribution in [2.45, 2.75) is 50.5 Å². The highest BCUT2D eigenvalue weighted by Gasteiger charge is 2.46. The fourth-order valence-corrected chi connectivity index (χ4v) is 4.23. The van der Waals surface area contributed by atoms with Crippen LogP contribution in [0, 0.1) is 5.92 Å². The molecule has 1 aliphatic carbocycles. The molecule has 0 bridgehead atoms. The Kier molecular flexibility index (Phi) is 5.29. The second kappa shape index (κ2) is 7.81. The monoisotopic (exact) mass is 346 g/mol. The van der Waals surface area contributed by atoms with Crippen LogP contribution in [-0.2, 0) is 25.6 Å². The number of nitrogens with zero attached hydrogens (tertiary/aromatic N) is 2. The Bertz CT molecular complexity index is 576. The first-order chi connectivity index (χ1) is 12.3. The number of amides is 1. The third-order valence-corrected chi connectivity index (χ3v) is 5.58. The maximum atomic E-state index is 12.9. The molecule has 1 aromatic heterocycles. The first-order valence-electron chi connectivity index (χ1n) is 9.33. The van der Waals surface area contributed by atoms with E-state index in [0.29, 0.717) is 33.0 Å². The number of aromatic nitrogens is 1. The number of hydrogen-bond acceptors (Lipinski definition) is 5. The van der Waals surface area contributed by atoms with Crippen molar-refractivity contribution >= 4 is 5.91 Å². The highest BCUT2D eigenvalue weighted by atomic mass is 16.5. The molecule has 2 saturated heterocycles. The summed E-state index contributed by atoms with van der Waals surface area (Å²) in [5.74, 6) is 0.400. The number of morpholine rings is 1. The van der Waals surface area contributed by atoms with Gasteiger partial charge in [-0.3, -0.25) is 9.78 Å². The van der Waals surface area contributed by atoms with Crippen molar-refractivity contribution < 1.29 is 19.0 Å². The van der Waals surface area contributed by atoms with Crippen molar-refractivity contribution in [1.82, 2.24) is 9.88 Å². The molecular formula is C19H26N2O4. The Hall–Kier alpha value is -1.50. The topological polar surface area (TPSA) is 60.9 Å². The van der Waals surface area contributed by atoms with Gasteiger partial charge >= 0.3 is 0 Å². The van der Waals surface area contributed by atoms with Crippen molar-refractivity contribution in [3.63, 3.8) is 0 Å². The van der Waals surface area contributed by atoms with Gasteiger partial charge in [0.15, 0.2) is 0 Å². The molecule has 4 rings (SSSR count). The lowest BCUT2D eigenvalue weighted by Gasteiger charge is -2.41. The summed E-state index contributed by atoms with van der Waals surface area (Å²) in [4.78, 5) is 19.1. The molecule has 2 aliphatic heterocycles. The van der Waals surface area contributed by atoms with E-state index in [-0.39, 0.29) is 30.1 Å². The lowest BCUT2D eigenvalue weighted by atomic mass is 9.97. The molecule has 1 amide bonds. The largest absolute Gasteiger partial charge is 0.381 e. The van der Waals surface area contributed by atoms with Crippen LogP contribution < -0.4 is 0 Å². The predicted octanol–water partition coefficient (Wildman–Crippen LogP) is 1.78. The molecule has 6 nitrogen and oxygen atoms in total. The molecule has 25 heavy (non-hydrogen) atoms. The zero-order valence-electron chi connectivity index (χ0n) is 14.5. The molecule has 0 aromatic carbocycles. The van der Waals surface area contributed by atoms with Crippen molar-refractivity contribution in [1.29, 1.82) is 0 Å². The second-order valence-electron chi connectivity index (χ2n) is 7.11. The van der Waals surface area contributed by atoms with Crippen molar-refractivity contribution in [3.05, 3.63) is 30.1 Å². The molecule has 3 heterocycles. The lowest BCUT2D eigenvalue weighted by Crippen LogP contribution is -2.55. The number of fused-ring (bicyclic) bond motifs is 1. The first kappa shape index (κ1) is 16.9. The standard InChI is InChI=1S/C19H26N2O4/c22-19(15-5-9-23-10-6-15)21-8-11-24-18-16(21)3-4-17(18)25-13-14-2-1-7-20-12-14/h1-2,7,12,15-18H,3-6,8-11,13H2/t16-,17+,18+/m0/s1. The third-order valence-electron chi connectivity index (χ3n) is 5.58. The van der Waals surface area contributed by atoms with E-state index in [2.05, 4.69) is 9.88 Å². The summed E-state index contributed by atoms with van der Waals surface area (Å²) < 4.78 is 17.5. The van der Waals surface area contributed by atoms with Crippen molar-refractivity contribution in [2.75, 3.05) is 26.4 Å². The number of ether oxygens (including phenoxy) is 3. The average Bonchev–Trinajstić information content (AvgIpc) is 3.10. The Morgan fingerprint density at radius 2 is 2.12 bits per heavy atom. The molecule has 0 N–H and O–H groups in total. The predicted molar refractivity (Wildman–Crippen MR) is 90.8 cm³/mol. The van der Waals surface area contributed by atoms with Gasteiger partial charge in [-0.1, -0.05) is 6.07 Å². The summed E-state index contributed by atoms with van der Waals surface area (Å²) in [5, 5.41) is 0. The summed E-state index contributed by atoms with van der Waals surface area (Å²) in [7, 11) is 0. The van der Waals surface area contributed by atoms with E-state index in [1.807, 2.05) is 18.3 Å². The highest BCUT2D eigenvalue weighted by molar-refractivity contribution is 5.79. The van der Waals surface area contributed by atoms with Gasteiger partial charge < -0.3 is 19.1 Å². The molecule has 1 saturated carbocycles. The van der Waals surface area contributed by atoms with Crippen LogP contribution in [0.4, 0.5) is 0 Å². The number of carbonyl (C=O) groups excluding carboxylic acids is 1. The van der Waals surface area contributed by atoms with E-state index in [9.17, 15) is 4.79 Å². The molecule has 0 unspecified atom stereocenters. The van der Waals surface area contributed by atoms with Crippen LogP contribution in [0.1, 0.15) is 31.2 Å². The van der Waals surface area contributed by atoms with Gasteiger partial charge in [0.2, 0.25) is 5.91 Å². The average molecular weight is 346 g/mol. The third kappa shape index (κ3) is 3.71. The summed E-state index contributed by atoms with van der Waals surface area (Å²) in [6.07, 6.45) is 7.21. The van der Waals surface area contributed by atoms with E-state index in [0.717, 1.165) is 31.2 Å². The molecule has 3 aliphatic rings. The minimum absolute atomic E-state index is 0.00536. The Morgan fingerprint density at radius 3 is 2.92 bits per heavy atom. The van der Waals surface area contributed by atoms with E-state index < -0.39 is 0 Å². The fraction of sp³-hybridized carbons (Fsp3) is 0.684. The molecule has 3 fully saturated rings. The Morgan fingerprint density at radius 1 is 1.24 bits per heavy atom. The summed E-state index contributed by atoms with van der Waals surface area (Å²) in [6.45, 7) is 3.24. The SMILES string of the molecule is O=C(C1CCOCC1)N1CCO[C@H]2[C@H](OCc3cccnc3)CC[C@@H]21. The molecule has 136 valence electrons. The number of hydrogen-bond donors (Lipinski definition) is 0. The normalized spacial score (nSPS) is 30.2. The van der Waals surface area contributed by atoms with E-state index in [1.165, 1.54) is 0 Å². The zero-order chi connectivity index (χ0) is 17.1. The Balaban J connectivity index is 1.37. The minimum Gasteiger partial charge on any atom is -0.381 e. The number of carbonyl (C=O) groups is 1. The smallest absolute Gasteiger partial charge is 0.226 e. The Labute approximate surface area is 148 Å². The van der Waals surface area contributed by atoms with Gasteiger partial charge in [-0.05, 0) is 37.3 Å². The molecule has 3 atom stereocenters. The van der Waals surface area contributed by atoms with E-state index in [1.54, 1.807) is 6.20 Å². The van der Waals surface area contributed by atoms with Gasteiger partial charge in [0.1, 0.15) is 6.10 Å². The minimum atomic E-state index is -0.00536. The fourth-order valence-electron chi connectivity index (χ4n) is 4.23. The second-order valence-corrected chi connectivity index (χ2v) is 7.11. The highest BCUT2D eigenvalue weighted by Crippen LogP contribution is 2.34. The van der Waals surface area contributed by atoms with Crippen LogP contribution in [0.15, 0.2) is 24.5 Å². The van der Waals surface area contributed by atoms with Gasteiger partial charge in [0.25, 0.3) is 0 Å². The molecular weight excluding hydrogens is 320 g/mol. The van der Waals surface area contributed by atoms with Gasteiger partial charge in [-0.15, -0.1) is 0 Å². The van der Waals surface area contributed by atoms with E-state index >= 15 is 0 Å². The summed E-state index contributed by atoms with van der Waals surface area (Å²) in [5.41, 5.74) is 1.07. The van der Waals surface area contributed by atoms with Crippen LogP contribution in [0.5, 0.6) is 0 Å². The maximum absolute atomic E-state index is 12.9. The van der Waals surface area contributed by atoms with E-state index in [4.69, 9.17) is 14.2 Å². The van der Waals surface area contributed by atoms with Crippen LogP contribution in [0.25, 0.3) is 0 Å². The van der Waals surface area contributed by atoms with Crippen LogP contribution in [0.2, 0.25) is 0 Å². The van der Waals surface area contributed by atoms with Gasteiger partial charge in [-0.25, -0.2) is 0 Å². The number of rotatable bonds is 4. The molecule has 6 heteroatoms. The lowest BCUT2D eigenvalue weighted by molar-refractivity contribution is -0.158. The van der Waals surface area contributed by atoms with Crippen LogP contribution in [0.3, 0.4) is 0 Å². The molecule has 0 spiro atoms. The number of pyridine rings is 1. The van der Waals surface area contributed by atoms with Crippen LogP contribution in [-0.4, -0.2) is 60.4 Å². The summed E-state index contributed by atoms with van der Waals surface area (Å²) >= 11 is 0. The molecule has 1 aromatic rings. The maximum Gasteiger partial charge on any atom is 0.226 e. The first-order valence-corrected chi connectivity index (χ1v) is 9.33. The van der Waals surface area contributed by atoms with Crippen molar-refractivity contribution in [3.8, 4) is 0 Å². The molecule has 0 radical (unpaired) electrons. The van der Waals surface area contributed by atoms with Gasteiger partial charge in [-0.2, -0.15) is 0 Å². The summed E-state index contributed by atoms with van der Waals surface area (Å²) in [6, 6.07) is 4.09. The van der Waals surface area contributed by atoms with Gasteiger partial charge in [0.05, 0.1) is 25.4 Å². The quantitative estimate of drug-likeness (QED) is 0.832. The van der Waals surface area contributed by atoms with Crippen molar-refractivity contribution in [2.24, 2.45) is 5.92 Å². The zero-order valence-corrected chi connectivity index (χ0v) is 14.5.